The number of rotatable bonds is 6. The number of aliphatic carboxylic acids is 1. The van der Waals surface area contributed by atoms with E-state index in [0.717, 1.165) is 11.1 Å². The average molecular weight is 302 g/mol. The number of carboxylic acid groups (broad SMARTS) is 1. The molecule has 0 bridgehead atoms. The molecule has 1 unspecified atom stereocenters. The SMILES string of the molecule is Cc1ccc(C(NC(=O)CCn2cncn2)C(=O)O)cc1C. The first-order valence-corrected chi connectivity index (χ1v) is 6.89. The summed E-state index contributed by atoms with van der Waals surface area (Å²) in [5, 5.41) is 15.8. The molecule has 2 rings (SSSR count). The van der Waals surface area contributed by atoms with Crippen molar-refractivity contribution in [1.29, 1.82) is 0 Å². The predicted molar refractivity (Wildman–Crippen MR) is 79.1 cm³/mol. The zero-order valence-electron chi connectivity index (χ0n) is 12.5. The van der Waals surface area contributed by atoms with Crippen molar-refractivity contribution < 1.29 is 14.7 Å². The number of nitrogens with zero attached hydrogens (tertiary/aromatic N) is 3. The first-order valence-electron chi connectivity index (χ1n) is 6.89. The van der Waals surface area contributed by atoms with Crippen molar-refractivity contribution in [2.24, 2.45) is 0 Å². The first-order chi connectivity index (χ1) is 10.5. The molecule has 22 heavy (non-hydrogen) atoms. The van der Waals surface area contributed by atoms with E-state index in [1.807, 2.05) is 19.9 Å². The van der Waals surface area contributed by atoms with Crippen molar-refractivity contribution in [2.45, 2.75) is 32.9 Å². The number of aryl methyl sites for hydroxylation is 3. The lowest BCUT2D eigenvalue weighted by Gasteiger charge is -2.16. The van der Waals surface area contributed by atoms with Gasteiger partial charge in [-0.05, 0) is 30.5 Å². The van der Waals surface area contributed by atoms with Crippen molar-refractivity contribution in [3.63, 3.8) is 0 Å². The molecule has 0 aliphatic heterocycles. The fraction of sp³-hybridized carbons (Fsp3) is 0.333. The molecule has 1 heterocycles. The molecule has 1 aromatic heterocycles. The van der Waals surface area contributed by atoms with Crippen LogP contribution in [-0.4, -0.2) is 31.7 Å². The van der Waals surface area contributed by atoms with Gasteiger partial charge in [-0.1, -0.05) is 18.2 Å². The normalized spacial score (nSPS) is 11.9. The van der Waals surface area contributed by atoms with Crippen LogP contribution in [0.15, 0.2) is 30.9 Å². The Labute approximate surface area is 128 Å². The zero-order valence-corrected chi connectivity index (χ0v) is 12.5. The van der Waals surface area contributed by atoms with E-state index in [2.05, 4.69) is 15.4 Å². The molecule has 1 atom stereocenters. The molecular formula is C15H18N4O3. The van der Waals surface area contributed by atoms with Gasteiger partial charge in [0.05, 0.1) is 6.54 Å². The van der Waals surface area contributed by atoms with Crippen LogP contribution >= 0.6 is 0 Å². The third-order valence-corrected chi connectivity index (χ3v) is 3.45. The summed E-state index contributed by atoms with van der Waals surface area (Å²) in [5.74, 6) is -1.43. The van der Waals surface area contributed by atoms with Gasteiger partial charge in [0.15, 0.2) is 6.04 Å². The van der Waals surface area contributed by atoms with E-state index < -0.39 is 12.0 Å². The number of carbonyl (C=O) groups excluding carboxylic acids is 1. The number of carbonyl (C=O) groups is 2. The fourth-order valence-electron chi connectivity index (χ4n) is 2.03. The second kappa shape index (κ2) is 6.84. The summed E-state index contributed by atoms with van der Waals surface area (Å²) in [6, 6.07) is 4.30. The highest BCUT2D eigenvalue weighted by atomic mass is 16.4. The third-order valence-electron chi connectivity index (χ3n) is 3.45. The van der Waals surface area contributed by atoms with Gasteiger partial charge in [0, 0.05) is 6.42 Å². The van der Waals surface area contributed by atoms with E-state index >= 15 is 0 Å². The largest absolute Gasteiger partial charge is 0.479 e. The van der Waals surface area contributed by atoms with E-state index in [4.69, 9.17) is 0 Å². The predicted octanol–water partition coefficient (Wildman–Crippen LogP) is 1.23. The fourth-order valence-corrected chi connectivity index (χ4v) is 2.03. The highest BCUT2D eigenvalue weighted by molar-refractivity contribution is 5.84. The quantitative estimate of drug-likeness (QED) is 0.836. The molecule has 7 heteroatoms. The van der Waals surface area contributed by atoms with Crippen molar-refractivity contribution in [3.05, 3.63) is 47.5 Å². The molecule has 0 saturated heterocycles. The maximum absolute atomic E-state index is 11.9. The molecule has 2 aromatic rings. The van der Waals surface area contributed by atoms with Gasteiger partial charge >= 0.3 is 5.97 Å². The number of amides is 1. The van der Waals surface area contributed by atoms with Crippen LogP contribution in [0.25, 0.3) is 0 Å². The van der Waals surface area contributed by atoms with Crippen LogP contribution in [0, 0.1) is 13.8 Å². The van der Waals surface area contributed by atoms with Crippen molar-refractivity contribution >= 4 is 11.9 Å². The summed E-state index contributed by atoms with van der Waals surface area (Å²) >= 11 is 0. The lowest BCUT2D eigenvalue weighted by atomic mass is 10.0. The molecule has 7 nitrogen and oxygen atoms in total. The van der Waals surface area contributed by atoms with Gasteiger partial charge in [0.1, 0.15) is 12.7 Å². The molecule has 0 aliphatic rings. The van der Waals surface area contributed by atoms with Gasteiger partial charge in [-0.25, -0.2) is 9.78 Å². The number of carboxylic acids is 1. The zero-order chi connectivity index (χ0) is 16.1. The lowest BCUT2D eigenvalue weighted by molar-refractivity contribution is -0.142. The Morgan fingerprint density at radius 2 is 2.09 bits per heavy atom. The Bertz CT molecular complexity index is 667. The third kappa shape index (κ3) is 3.91. The Morgan fingerprint density at radius 1 is 1.32 bits per heavy atom. The van der Waals surface area contributed by atoms with Crippen molar-refractivity contribution in [2.75, 3.05) is 0 Å². The summed E-state index contributed by atoms with van der Waals surface area (Å²) in [4.78, 5) is 27.1. The number of hydrogen-bond donors (Lipinski definition) is 2. The number of nitrogens with one attached hydrogen (secondary N) is 1. The molecule has 2 N–H and O–H groups in total. The molecule has 0 spiro atoms. The number of hydrogen-bond acceptors (Lipinski definition) is 4. The minimum absolute atomic E-state index is 0.137. The first kappa shape index (κ1) is 15.7. The van der Waals surface area contributed by atoms with Gasteiger partial charge in [-0.2, -0.15) is 5.10 Å². The van der Waals surface area contributed by atoms with Crippen LogP contribution in [0.5, 0.6) is 0 Å². The summed E-state index contributed by atoms with van der Waals surface area (Å²) in [7, 11) is 0. The minimum atomic E-state index is -1.09. The molecular weight excluding hydrogens is 284 g/mol. The van der Waals surface area contributed by atoms with Crippen LogP contribution in [0.3, 0.4) is 0 Å². The molecule has 116 valence electrons. The Morgan fingerprint density at radius 3 is 2.68 bits per heavy atom. The molecule has 1 amide bonds. The standard InChI is InChI=1S/C15H18N4O3/c1-10-3-4-12(7-11(10)2)14(15(21)22)18-13(20)5-6-19-9-16-8-17-19/h3-4,7-9,14H,5-6H2,1-2H3,(H,18,20)(H,21,22). The maximum Gasteiger partial charge on any atom is 0.330 e. The average Bonchev–Trinajstić information content (AvgIpc) is 2.98. The van der Waals surface area contributed by atoms with E-state index in [-0.39, 0.29) is 12.3 Å². The van der Waals surface area contributed by atoms with Gasteiger partial charge in [-0.15, -0.1) is 0 Å². The number of benzene rings is 1. The Kier molecular flexibility index (Phi) is 4.88. The van der Waals surface area contributed by atoms with Gasteiger partial charge in [0.25, 0.3) is 0 Å². The monoisotopic (exact) mass is 302 g/mol. The highest BCUT2D eigenvalue weighted by Gasteiger charge is 2.22. The van der Waals surface area contributed by atoms with E-state index in [9.17, 15) is 14.7 Å². The maximum atomic E-state index is 11.9. The van der Waals surface area contributed by atoms with Crippen LogP contribution in [0.1, 0.15) is 29.2 Å². The molecule has 0 radical (unpaired) electrons. The smallest absolute Gasteiger partial charge is 0.330 e. The summed E-state index contributed by atoms with van der Waals surface area (Å²) in [6.07, 6.45) is 3.02. The van der Waals surface area contributed by atoms with Gasteiger partial charge in [0.2, 0.25) is 5.91 Å². The van der Waals surface area contributed by atoms with Gasteiger partial charge in [-0.3, -0.25) is 9.48 Å². The van der Waals surface area contributed by atoms with Crippen LogP contribution in [0.2, 0.25) is 0 Å². The molecule has 0 fully saturated rings. The van der Waals surface area contributed by atoms with Crippen molar-refractivity contribution in [3.8, 4) is 0 Å². The number of aromatic nitrogens is 3. The summed E-state index contributed by atoms with van der Waals surface area (Å²) < 4.78 is 1.52. The van der Waals surface area contributed by atoms with Crippen molar-refractivity contribution in [1.82, 2.24) is 20.1 Å². The lowest BCUT2D eigenvalue weighted by Crippen LogP contribution is -2.34. The van der Waals surface area contributed by atoms with Crippen LogP contribution < -0.4 is 5.32 Å². The Hall–Kier alpha value is -2.70. The molecule has 0 aliphatic carbocycles. The second-order valence-corrected chi connectivity index (χ2v) is 5.09. The van der Waals surface area contributed by atoms with Crippen LogP contribution in [0.4, 0.5) is 0 Å². The van der Waals surface area contributed by atoms with E-state index in [0.29, 0.717) is 12.1 Å². The summed E-state index contributed by atoms with van der Waals surface area (Å²) in [5.41, 5.74) is 2.62. The second-order valence-electron chi connectivity index (χ2n) is 5.09. The topological polar surface area (TPSA) is 97.1 Å². The van der Waals surface area contributed by atoms with E-state index in [1.165, 1.54) is 17.3 Å². The minimum Gasteiger partial charge on any atom is -0.479 e. The van der Waals surface area contributed by atoms with Crippen LogP contribution in [-0.2, 0) is 16.1 Å². The molecule has 1 aromatic carbocycles. The summed E-state index contributed by atoms with van der Waals surface area (Å²) in [6.45, 7) is 4.21. The van der Waals surface area contributed by atoms with Gasteiger partial charge < -0.3 is 10.4 Å². The highest BCUT2D eigenvalue weighted by Crippen LogP contribution is 2.17. The Balaban J connectivity index is 2.03. The molecule has 0 saturated carbocycles. The van der Waals surface area contributed by atoms with E-state index in [1.54, 1.807) is 12.1 Å².